The van der Waals surface area contributed by atoms with E-state index in [2.05, 4.69) is 18.8 Å². The van der Waals surface area contributed by atoms with Crippen LogP contribution in [0.2, 0.25) is 0 Å². The molecular formula is C10H16N2O2. The van der Waals surface area contributed by atoms with Gasteiger partial charge in [0.05, 0.1) is 18.4 Å². The number of imidazole rings is 1. The SMILES string of the molecule is CC(C)Cn1cnc(CCC(=O)O)c1. The van der Waals surface area contributed by atoms with E-state index >= 15 is 0 Å². The Morgan fingerprint density at radius 1 is 1.64 bits per heavy atom. The third-order valence-corrected chi connectivity index (χ3v) is 1.86. The summed E-state index contributed by atoms with van der Waals surface area (Å²) in [5, 5.41) is 8.49. The quantitative estimate of drug-likeness (QED) is 0.777. The fraction of sp³-hybridized carbons (Fsp3) is 0.600. The predicted octanol–water partition coefficient (Wildman–Crippen LogP) is 1.56. The Hall–Kier alpha value is -1.32. The van der Waals surface area contributed by atoms with E-state index in [-0.39, 0.29) is 6.42 Å². The number of aliphatic carboxylic acids is 1. The minimum Gasteiger partial charge on any atom is -0.481 e. The van der Waals surface area contributed by atoms with Gasteiger partial charge < -0.3 is 9.67 Å². The second kappa shape index (κ2) is 4.79. The van der Waals surface area contributed by atoms with Gasteiger partial charge in [0.1, 0.15) is 0 Å². The fourth-order valence-corrected chi connectivity index (χ4v) is 1.29. The van der Waals surface area contributed by atoms with Crippen LogP contribution in [-0.2, 0) is 17.8 Å². The minimum absolute atomic E-state index is 0.151. The van der Waals surface area contributed by atoms with Crippen molar-refractivity contribution in [2.45, 2.75) is 33.2 Å². The molecule has 0 atom stereocenters. The highest BCUT2D eigenvalue weighted by Gasteiger charge is 2.03. The van der Waals surface area contributed by atoms with E-state index in [9.17, 15) is 4.79 Å². The second-order valence-electron chi connectivity index (χ2n) is 3.85. The Balaban J connectivity index is 2.46. The summed E-state index contributed by atoms with van der Waals surface area (Å²) >= 11 is 0. The van der Waals surface area contributed by atoms with E-state index in [0.717, 1.165) is 12.2 Å². The average molecular weight is 196 g/mol. The number of hydrogen-bond donors (Lipinski definition) is 1. The number of aryl methyl sites for hydroxylation is 1. The zero-order chi connectivity index (χ0) is 10.6. The van der Waals surface area contributed by atoms with Crippen LogP contribution in [0, 0.1) is 5.92 Å². The van der Waals surface area contributed by atoms with E-state index < -0.39 is 5.97 Å². The lowest BCUT2D eigenvalue weighted by Crippen LogP contribution is -2.01. The van der Waals surface area contributed by atoms with Gasteiger partial charge in [-0.3, -0.25) is 4.79 Å². The van der Waals surface area contributed by atoms with Crippen molar-refractivity contribution >= 4 is 5.97 Å². The van der Waals surface area contributed by atoms with Gasteiger partial charge in [0, 0.05) is 19.2 Å². The molecule has 0 aliphatic rings. The Bertz CT molecular complexity index is 305. The monoisotopic (exact) mass is 196 g/mol. The number of carbonyl (C=O) groups is 1. The van der Waals surface area contributed by atoms with E-state index in [1.165, 1.54) is 0 Å². The number of carboxylic acid groups (broad SMARTS) is 1. The summed E-state index contributed by atoms with van der Waals surface area (Å²) in [6.45, 7) is 5.20. The van der Waals surface area contributed by atoms with Crippen molar-refractivity contribution in [1.82, 2.24) is 9.55 Å². The molecule has 0 aliphatic heterocycles. The largest absolute Gasteiger partial charge is 0.481 e. The molecule has 0 radical (unpaired) electrons. The van der Waals surface area contributed by atoms with Crippen molar-refractivity contribution in [2.75, 3.05) is 0 Å². The lowest BCUT2D eigenvalue weighted by Gasteiger charge is -2.03. The molecule has 78 valence electrons. The van der Waals surface area contributed by atoms with E-state index in [1.807, 2.05) is 10.8 Å². The van der Waals surface area contributed by atoms with Crippen LogP contribution in [0.25, 0.3) is 0 Å². The van der Waals surface area contributed by atoms with Crippen molar-refractivity contribution < 1.29 is 9.90 Å². The molecule has 1 rings (SSSR count). The van der Waals surface area contributed by atoms with Gasteiger partial charge in [-0.05, 0) is 5.92 Å². The molecule has 0 amide bonds. The summed E-state index contributed by atoms with van der Waals surface area (Å²) < 4.78 is 2.00. The van der Waals surface area contributed by atoms with Crippen LogP contribution in [0.5, 0.6) is 0 Å². The van der Waals surface area contributed by atoms with Crippen LogP contribution >= 0.6 is 0 Å². The van der Waals surface area contributed by atoms with Crippen molar-refractivity contribution in [1.29, 1.82) is 0 Å². The maximum absolute atomic E-state index is 10.3. The Morgan fingerprint density at radius 2 is 2.36 bits per heavy atom. The molecule has 0 aromatic carbocycles. The van der Waals surface area contributed by atoms with Gasteiger partial charge in [-0.15, -0.1) is 0 Å². The number of carboxylic acids is 1. The first-order valence-electron chi connectivity index (χ1n) is 4.80. The third kappa shape index (κ3) is 3.60. The molecule has 0 fully saturated rings. The Morgan fingerprint density at radius 3 is 2.93 bits per heavy atom. The molecule has 1 heterocycles. The molecule has 0 aliphatic carbocycles. The summed E-state index contributed by atoms with van der Waals surface area (Å²) in [6, 6.07) is 0. The number of nitrogens with zero attached hydrogens (tertiary/aromatic N) is 2. The number of aromatic nitrogens is 2. The van der Waals surface area contributed by atoms with Gasteiger partial charge in [0.25, 0.3) is 0 Å². The summed E-state index contributed by atoms with van der Waals surface area (Å²) in [4.78, 5) is 14.5. The zero-order valence-electron chi connectivity index (χ0n) is 8.60. The van der Waals surface area contributed by atoms with Gasteiger partial charge in [0.2, 0.25) is 0 Å². The highest BCUT2D eigenvalue weighted by atomic mass is 16.4. The van der Waals surface area contributed by atoms with Crippen LogP contribution in [0.1, 0.15) is 26.0 Å². The summed E-state index contributed by atoms with van der Waals surface area (Å²) in [5.41, 5.74) is 0.855. The first kappa shape index (κ1) is 10.8. The van der Waals surface area contributed by atoms with Gasteiger partial charge in [-0.2, -0.15) is 0 Å². The van der Waals surface area contributed by atoms with E-state index in [0.29, 0.717) is 12.3 Å². The molecular weight excluding hydrogens is 180 g/mol. The maximum Gasteiger partial charge on any atom is 0.303 e. The summed E-state index contributed by atoms with van der Waals surface area (Å²) in [5.74, 6) is -0.195. The van der Waals surface area contributed by atoms with Gasteiger partial charge >= 0.3 is 5.97 Å². The van der Waals surface area contributed by atoms with E-state index in [1.54, 1.807) is 6.33 Å². The highest BCUT2D eigenvalue weighted by Crippen LogP contribution is 2.03. The minimum atomic E-state index is -0.775. The zero-order valence-corrected chi connectivity index (χ0v) is 8.60. The van der Waals surface area contributed by atoms with Gasteiger partial charge in [0.15, 0.2) is 0 Å². The molecule has 0 spiro atoms. The normalized spacial score (nSPS) is 10.8. The molecule has 0 saturated carbocycles. The van der Waals surface area contributed by atoms with Crippen LogP contribution in [-0.4, -0.2) is 20.6 Å². The smallest absolute Gasteiger partial charge is 0.303 e. The number of hydrogen-bond acceptors (Lipinski definition) is 2. The first-order valence-corrected chi connectivity index (χ1v) is 4.80. The topological polar surface area (TPSA) is 55.1 Å². The molecule has 0 saturated heterocycles. The van der Waals surface area contributed by atoms with Crippen LogP contribution in [0.4, 0.5) is 0 Å². The molecule has 0 bridgehead atoms. The van der Waals surface area contributed by atoms with Crippen LogP contribution in [0.15, 0.2) is 12.5 Å². The molecule has 0 unspecified atom stereocenters. The molecule has 1 aromatic heterocycles. The van der Waals surface area contributed by atoms with Crippen LogP contribution in [0.3, 0.4) is 0 Å². The Labute approximate surface area is 83.6 Å². The average Bonchev–Trinajstić information content (AvgIpc) is 2.47. The third-order valence-electron chi connectivity index (χ3n) is 1.86. The summed E-state index contributed by atoms with van der Waals surface area (Å²) in [6.07, 6.45) is 4.35. The highest BCUT2D eigenvalue weighted by molar-refractivity contribution is 5.66. The molecule has 1 N–H and O–H groups in total. The van der Waals surface area contributed by atoms with Crippen molar-refractivity contribution in [2.24, 2.45) is 5.92 Å². The lowest BCUT2D eigenvalue weighted by molar-refractivity contribution is -0.136. The Kier molecular flexibility index (Phi) is 3.68. The number of rotatable bonds is 5. The van der Waals surface area contributed by atoms with Crippen LogP contribution < -0.4 is 0 Å². The van der Waals surface area contributed by atoms with E-state index in [4.69, 9.17) is 5.11 Å². The molecule has 4 heteroatoms. The van der Waals surface area contributed by atoms with Crippen molar-refractivity contribution in [3.05, 3.63) is 18.2 Å². The first-order chi connectivity index (χ1) is 6.58. The van der Waals surface area contributed by atoms with Gasteiger partial charge in [-0.25, -0.2) is 4.98 Å². The summed E-state index contributed by atoms with van der Waals surface area (Å²) in [7, 11) is 0. The van der Waals surface area contributed by atoms with Crippen molar-refractivity contribution in [3.63, 3.8) is 0 Å². The molecule has 14 heavy (non-hydrogen) atoms. The maximum atomic E-state index is 10.3. The fourth-order valence-electron chi connectivity index (χ4n) is 1.29. The van der Waals surface area contributed by atoms with Crippen molar-refractivity contribution in [3.8, 4) is 0 Å². The molecule has 1 aromatic rings. The predicted molar refractivity (Wildman–Crippen MR) is 53.0 cm³/mol. The molecule has 4 nitrogen and oxygen atoms in total. The van der Waals surface area contributed by atoms with Gasteiger partial charge in [-0.1, -0.05) is 13.8 Å². The lowest BCUT2D eigenvalue weighted by atomic mass is 10.2. The second-order valence-corrected chi connectivity index (χ2v) is 3.85. The standard InChI is InChI=1S/C10H16N2O2/c1-8(2)5-12-6-9(11-7-12)3-4-10(13)14/h6-8H,3-5H2,1-2H3,(H,13,14).